The molecule has 0 saturated carbocycles. The number of fused-ring (bicyclic) bond motifs is 1. The lowest BCUT2D eigenvalue weighted by Crippen LogP contribution is -2.48. The summed E-state index contributed by atoms with van der Waals surface area (Å²) in [4.78, 5) is 20.5. The largest absolute Gasteiger partial charge is 0.351 e. The molecule has 1 amide bonds. The summed E-state index contributed by atoms with van der Waals surface area (Å²) in [5.74, 6) is 0.915. The molecule has 1 fully saturated rings. The number of hydrogen-bond acceptors (Lipinski definition) is 5. The van der Waals surface area contributed by atoms with Crippen molar-refractivity contribution in [1.82, 2.24) is 20.1 Å². The number of hydrogen-bond donors (Lipinski definition) is 0. The standard InChI is InChI=1S/C20H19N5O/c26-19(8-7-16-4-3-9-21-14-16)24-10-12-25(13-11-24)20-18-6-2-1-5-17(18)15-22-23-20/h1-9,14-15H,10-13H2. The summed E-state index contributed by atoms with van der Waals surface area (Å²) in [5.41, 5.74) is 0.922. The minimum atomic E-state index is 0.0255. The Morgan fingerprint density at radius 3 is 2.65 bits per heavy atom. The summed E-state index contributed by atoms with van der Waals surface area (Å²) in [6.45, 7) is 2.83. The molecule has 0 aliphatic carbocycles. The van der Waals surface area contributed by atoms with E-state index in [1.807, 2.05) is 35.2 Å². The van der Waals surface area contributed by atoms with Crippen LogP contribution in [0.4, 0.5) is 5.82 Å². The Balaban J connectivity index is 1.42. The monoisotopic (exact) mass is 345 g/mol. The number of carbonyl (C=O) groups is 1. The van der Waals surface area contributed by atoms with Crippen LogP contribution >= 0.6 is 0 Å². The fourth-order valence-electron chi connectivity index (χ4n) is 3.13. The van der Waals surface area contributed by atoms with E-state index < -0.39 is 0 Å². The molecule has 1 aliphatic heterocycles. The van der Waals surface area contributed by atoms with Crippen LogP contribution in [0.3, 0.4) is 0 Å². The van der Waals surface area contributed by atoms with E-state index in [4.69, 9.17) is 0 Å². The van der Waals surface area contributed by atoms with Gasteiger partial charge in [0.25, 0.3) is 0 Å². The molecule has 1 aromatic carbocycles. The predicted molar refractivity (Wildman–Crippen MR) is 102 cm³/mol. The van der Waals surface area contributed by atoms with Crippen LogP contribution in [0.1, 0.15) is 5.56 Å². The van der Waals surface area contributed by atoms with Crippen molar-refractivity contribution in [2.45, 2.75) is 0 Å². The Morgan fingerprint density at radius 2 is 1.85 bits per heavy atom. The van der Waals surface area contributed by atoms with Crippen LogP contribution < -0.4 is 4.90 Å². The van der Waals surface area contributed by atoms with Crippen molar-refractivity contribution in [1.29, 1.82) is 0 Å². The molecular formula is C20H19N5O. The van der Waals surface area contributed by atoms with E-state index in [1.165, 1.54) is 0 Å². The summed E-state index contributed by atoms with van der Waals surface area (Å²) < 4.78 is 0. The van der Waals surface area contributed by atoms with Gasteiger partial charge in [-0.05, 0) is 17.7 Å². The molecule has 1 aliphatic rings. The SMILES string of the molecule is O=C(C=Cc1cccnc1)N1CCN(c2nncc3ccccc23)CC1. The van der Waals surface area contributed by atoms with Crippen molar-refractivity contribution >= 4 is 28.6 Å². The fraction of sp³-hybridized carbons (Fsp3) is 0.200. The van der Waals surface area contributed by atoms with Crippen LogP contribution in [0.2, 0.25) is 0 Å². The van der Waals surface area contributed by atoms with E-state index in [1.54, 1.807) is 30.7 Å². The molecule has 4 rings (SSSR count). The van der Waals surface area contributed by atoms with Gasteiger partial charge in [-0.3, -0.25) is 9.78 Å². The average molecular weight is 345 g/mol. The molecule has 0 atom stereocenters. The fourth-order valence-corrected chi connectivity index (χ4v) is 3.13. The Morgan fingerprint density at radius 1 is 1.00 bits per heavy atom. The second-order valence-corrected chi connectivity index (χ2v) is 6.19. The number of benzene rings is 1. The topological polar surface area (TPSA) is 62.2 Å². The maximum atomic E-state index is 12.4. The van der Waals surface area contributed by atoms with Gasteiger partial charge in [0.05, 0.1) is 6.20 Å². The van der Waals surface area contributed by atoms with E-state index in [-0.39, 0.29) is 5.91 Å². The number of rotatable bonds is 3. The number of pyridine rings is 1. The lowest BCUT2D eigenvalue weighted by atomic mass is 10.1. The van der Waals surface area contributed by atoms with Gasteiger partial charge in [0.1, 0.15) is 0 Å². The van der Waals surface area contributed by atoms with E-state index in [0.29, 0.717) is 13.1 Å². The van der Waals surface area contributed by atoms with Crippen LogP contribution in [0, 0.1) is 0 Å². The first-order valence-corrected chi connectivity index (χ1v) is 8.64. The second kappa shape index (κ2) is 7.31. The number of carbonyl (C=O) groups excluding carboxylic acids is 1. The van der Waals surface area contributed by atoms with Gasteiger partial charge in [0.15, 0.2) is 5.82 Å². The van der Waals surface area contributed by atoms with Crippen LogP contribution in [0.5, 0.6) is 0 Å². The molecule has 6 heteroatoms. The second-order valence-electron chi connectivity index (χ2n) is 6.19. The number of piperazine rings is 1. The van der Waals surface area contributed by atoms with E-state index in [2.05, 4.69) is 26.1 Å². The molecule has 0 bridgehead atoms. The Labute approximate surface area is 151 Å². The van der Waals surface area contributed by atoms with Gasteiger partial charge in [-0.25, -0.2) is 0 Å². The summed E-state index contributed by atoms with van der Waals surface area (Å²) in [5, 5.41) is 10.6. The third kappa shape index (κ3) is 3.39. The van der Waals surface area contributed by atoms with Gasteiger partial charge in [-0.1, -0.05) is 30.3 Å². The Kier molecular flexibility index (Phi) is 4.55. The van der Waals surface area contributed by atoms with Crippen molar-refractivity contribution in [3.63, 3.8) is 0 Å². The highest BCUT2D eigenvalue weighted by atomic mass is 16.2. The molecule has 6 nitrogen and oxygen atoms in total. The average Bonchev–Trinajstić information content (AvgIpc) is 2.72. The highest BCUT2D eigenvalue weighted by molar-refractivity contribution is 5.93. The van der Waals surface area contributed by atoms with Gasteiger partial charge >= 0.3 is 0 Å². The molecule has 3 heterocycles. The third-order valence-electron chi connectivity index (χ3n) is 4.54. The van der Waals surface area contributed by atoms with Crippen molar-refractivity contribution in [3.8, 4) is 0 Å². The molecule has 1 saturated heterocycles. The molecule has 0 N–H and O–H groups in total. The van der Waals surface area contributed by atoms with Crippen molar-refractivity contribution in [2.24, 2.45) is 0 Å². The summed E-state index contributed by atoms with van der Waals surface area (Å²) in [7, 11) is 0. The van der Waals surface area contributed by atoms with E-state index in [9.17, 15) is 4.79 Å². The van der Waals surface area contributed by atoms with Gasteiger partial charge in [0, 0.05) is 55.4 Å². The highest BCUT2D eigenvalue weighted by Crippen LogP contribution is 2.24. The Hall–Kier alpha value is -3.28. The lowest BCUT2D eigenvalue weighted by molar-refractivity contribution is -0.126. The maximum absolute atomic E-state index is 12.4. The normalized spacial score (nSPS) is 14.9. The minimum Gasteiger partial charge on any atom is -0.351 e. The van der Waals surface area contributed by atoms with Crippen LogP contribution in [-0.2, 0) is 4.79 Å². The van der Waals surface area contributed by atoms with Gasteiger partial charge in [0.2, 0.25) is 5.91 Å². The number of anilines is 1. The number of amides is 1. The van der Waals surface area contributed by atoms with E-state index in [0.717, 1.165) is 35.2 Å². The molecule has 0 spiro atoms. The zero-order valence-electron chi connectivity index (χ0n) is 14.3. The summed E-state index contributed by atoms with van der Waals surface area (Å²) in [6.07, 6.45) is 8.65. The number of aromatic nitrogens is 3. The maximum Gasteiger partial charge on any atom is 0.246 e. The molecular weight excluding hydrogens is 326 g/mol. The first kappa shape index (κ1) is 16.2. The quantitative estimate of drug-likeness (QED) is 0.682. The highest BCUT2D eigenvalue weighted by Gasteiger charge is 2.22. The Bertz CT molecular complexity index is 928. The molecule has 2 aromatic heterocycles. The summed E-state index contributed by atoms with van der Waals surface area (Å²) >= 11 is 0. The van der Waals surface area contributed by atoms with Crippen molar-refractivity contribution in [3.05, 3.63) is 66.6 Å². The van der Waals surface area contributed by atoms with Crippen LogP contribution in [-0.4, -0.2) is 52.2 Å². The van der Waals surface area contributed by atoms with Gasteiger partial charge in [-0.2, -0.15) is 5.10 Å². The molecule has 3 aromatic rings. The molecule has 0 unspecified atom stereocenters. The van der Waals surface area contributed by atoms with Crippen molar-refractivity contribution in [2.75, 3.05) is 31.1 Å². The first-order chi connectivity index (χ1) is 12.8. The number of nitrogens with zero attached hydrogens (tertiary/aromatic N) is 5. The first-order valence-electron chi connectivity index (χ1n) is 8.64. The molecule has 0 radical (unpaired) electrons. The zero-order chi connectivity index (χ0) is 17.8. The summed E-state index contributed by atoms with van der Waals surface area (Å²) in [6, 6.07) is 11.9. The van der Waals surface area contributed by atoms with Crippen LogP contribution in [0.25, 0.3) is 16.8 Å². The molecule has 130 valence electrons. The van der Waals surface area contributed by atoms with Crippen LogP contribution in [0.15, 0.2) is 61.1 Å². The third-order valence-corrected chi connectivity index (χ3v) is 4.54. The van der Waals surface area contributed by atoms with Crippen molar-refractivity contribution < 1.29 is 4.79 Å². The predicted octanol–water partition coefficient (Wildman–Crippen LogP) is 2.39. The van der Waals surface area contributed by atoms with Gasteiger partial charge in [-0.15, -0.1) is 5.10 Å². The molecule has 26 heavy (non-hydrogen) atoms. The van der Waals surface area contributed by atoms with Gasteiger partial charge < -0.3 is 9.80 Å². The van der Waals surface area contributed by atoms with E-state index >= 15 is 0 Å². The zero-order valence-corrected chi connectivity index (χ0v) is 14.3. The lowest BCUT2D eigenvalue weighted by Gasteiger charge is -2.35. The smallest absolute Gasteiger partial charge is 0.246 e. The minimum absolute atomic E-state index is 0.0255.